The van der Waals surface area contributed by atoms with Crippen LogP contribution in [0.1, 0.15) is 36.3 Å². The molecular formula is C26H24FN3O2. The van der Waals surface area contributed by atoms with E-state index in [0.717, 1.165) is 11.1 Å². The van der Waals surface area contributed by atoms with Crippen molar-refractivity contribution in [2.45, 2.75) is 31.7 Å². The summed E-state index contributed by atoms with van der Waals surface area (Å²) in [5.41, 5.74) is 2.95. The first kappa shape index (κ1) is 21.4. The van der Waals surface area contributed by atoms with Gasteiger partial charge in [0.2, 0.25) is 17.6 Å². The van der Waals surface area contributed by atoms with Gasteiger partial charge < -0.3 is 9.84 Å². The molecule has 5 nitrogen and oxygen atoms in total. The van der Waals surface area contributed by atoms with Crippen LogP contribution in [0.15, 0.2) is 89.5 Å². The first-order chi connectivity index (χ1) is 15.6. The summed E-state index contributed by atoms with van der Waals surface area (Å²) in [5.74, 6) is 0.370. The third-order valence-corrected chi connectivity index (χ3v) is 5.34. The SMILES string of the molecule is CC(NC(=O)CCc1nc(-c2ccc(F)cc2)no1)C(c1ccccc1)c1ccccc1. The fourth-order valence-electron chi connectivity index (χ4n) is 3.79. The van der Waals surface area contributed by atoms with Crippen molar-refractivity contribution in [2.75, 3.05) is 0 Å². The topological polar surface area (TPSA) is 68.0 Å². The largest absolute Gasteiger partial charge is 0.353 e. The highest BCUT2D eigenvalue weighted by Gasteiger charge is 2.23. The molecule has 4 aromatic rings. The smallest absolute Gasteiger partial charge is 0.227 e. The molecule has 3 aromatic carbocycles. The Kier molecular flexibility index (Phi) is 6.70. The summed E-state index contributed by atoms with van der Waals surface area (Å²) in [6, 6.07) is 26.1. The Morgan fingerprint density at radius 1 is 0.938 bits per heavy atom. The molecule has 1 unspecified atom stereocenters. The highest BCUT2D eigenvalue weighted by molar-refractivity contribution is 5.76. The predicted octanol–water partition coefficient (Wildman–Crippen LogP) is 5.15. The Balaban J connectivity index is 1.39. The van der Waals surface area contributed by atoms with Gasteiger partial charge in [-0.3, -0.25) is 4.79 Å². The van der Waals surface area contributed by atoms with Gasteiger partial charge in [0.25, 0.3) is 0 Å². The highest BCUT2D eigenvalue weighted by Crippen LogP contribution is 2.28. The third kappa shape index (κ3) is 5.27. The van der Waals surface area contributed by atoms with Gasteiger partial charge >= 0.3 is 0 Å². The van der Waals surface area contributed by atoms with Gasteiger partial charge in [-0.2, -0.15) is 4.98 Å². The number of nitrogens with zero attached hydrogens (tertiary/aromatic N) is 2. The number of benzene rings is 3. The fraction of sp³-hybridized carbons (Fsp3) is 0.192. The minimum Gasteiger partial charge on any atom is -0.353 e. The van der Waals surface area contributed by atoms with E-state index >= 15 is 0 Å². The van der Waals surface area contributed by atoms with Crippen molar-refractivity contribution < 1.29 is 13.7 Å². The molecule has 1 aromatic heterocycles. The van der Waals surface area contributed by atoms with Crippen molar-refractivity contribution in [1.29, 1.82) is 0 Å². The van der Waals surface area contributed by atoms with Crippen molar-refractivity contribution >= 4 is 5.91 Å². The normalized spacial score (nSPS) is 12.0. The summed E-state index contributed by atoms with van der Waals surface area (Å²) in [4.78, 5) is 17.0. The number of carbonyl (C=O) groups is 1. The molecule has 0 fully saturated rings. The Bertz CT molecular complexity index is 1110. The average molecular weight is 429 g/mol. The highest BCUT2D eigenvalue weighted by atomic mass is 19.1. The molecule has 6 heteroatoms. The summed E-state index contributed by atoms with van der Waals surface area (Å²) < 4.78 is 18.3. The fourth-order valence-corrected chi connectivity index (χ4v) is 3.79. The van der Waals surface area contributed by atoms with Crippen LogP contribution in [0.5, 0.6) is 0 Å². The molecule has 0 bridgehead atoms. The number of carbonyl (C=O) groups excluding carboxylic acids is 1. The van der Waals surface area contributed by atoms with Gasteiger partial charge in [-0.1, -0.05) is 65.8 Å². The Morgan fingerprint density at radius 3 is 2.12 bits per heavy atom. The van der Waals surface area contributed by atoms with E-state index in [1.165, 1.54) is 12.1 Å². The molecule has 0 saturated carbocycles. The lowest BCUT2D eigenvalue weighted by Crippen LogP contribution is -2.37. The maximum atomic E-state index is 13.1. The number of nitrogens with one attached hydrogen (secondary N) is 1. The van der Waals surface area contributed by atoms with Gasteiger partial charge in [-0.05, 0) is 42.3 Å². The minimum atomic E-state index is -0.326. The maximum Gasteiger partial charge on any atom is 0.227 e. The molecule has 1 N–H and O–H groups in total. The van der Waals surface area contributed by atoms with Gasteiger partial charge in [0.05, 0.1) is 0 Å². The van der Waals surface area contributed by atoms with E-state index in [4.69, 9.17) is 4.52 Å². The quantitative estimate of drug-likeness (QED) is 0.421. The number of amides is 1. The first-order valence-corrected chi connectivity index (χ1v) is 10.6. The molecule has 0 radical (unpaired) electrons. The van der Waals surface area contributed by atoms with Crippen molar-refractivity contribution in [2.24, 2.45) is 0 Å². The predicted molar refractivity (Wildman–Crippen MR) is 120 cm³/mol. The van der Waals surface area contributed by atoms with E-state index < -0.39 is 0 Å². The zero-order valence-corrected chi connectivity index (χ0v) is 17.7. The molecule has 4 rings (SSSR count). The Labute approximate surface area is 186 Å². The minimum absolute atomic E-state index is 0.0369. The molecule has 1 heterocycles. The van der Waals surface area contributed by atoms with Crippen LogP contribution in [0, 0.1) is 5.82 Å². The Hall–Kier alpha value is -3.80. The lowest BCUT2D eigenvalue weighted by Gasteiger charge is -2.26. The molecule has 162 valence electrons. The van der Waals surface area contributed by atoms with Crippen molar-refractivity contribution in [3.05, 3.63) is 108 Å². The van der Waals surface area contributed by atoms with Crippen molar-refractivity contribution in [3.63, 3.8) is 0 Å². The standard InChI is InChI=1S/C26H24FN3O2/c1-18(25(19-8-4-2-5-9-19)20-10-6-3-7-11-20)28-23(31)16-17-24-29-26(30-32-24)21-12-14-22(27)15-13-21/h2-15,18,25H,16-17H2,1H3,(H,28,31). The summed E-state index contributed by atoms with van der Waals surface area (Å²) in [5, 5.41) is 7.04. The van der Waals surface area contributed by atoms with Crippen molar-refractivity contribution in [1.82, 2.24) is 15.5 Å². The second-order valence-electron chi connectivity index (χ2n) is 7.67. The van der Waals surface area contributed by atoms with Crippen LogP contribution in [0.3, 0.4) is 0 Å². The lowest BCUT2D eigenvalue weighted by molar-refractivity contribution is -0.121. The monoisotopic (exact) mass is 429 g/mol. The van der Waals surface area contributed by atoms with Crippen LogP contribution in [0.2, 0.25) is 0 Å². The lowest BCUT2D eigenvalue weighted by atomic mass is 9.86. The van der Waals surface area contributed by atoms with Crippen LogP contribution >= 0.6 is 0 Å². The molecule has 1 amide bonds. The number of rotatable bonds is 8. The first-order valence-electron chi connectivity index (χ1n) is 10.6. The van der Waals surface area contributed by atoms with Crippen molar-refractivity contribution in [3.8, 4) is 11.4 Å². The van der Waals surface area contributed by atoms with Gasteiger partial charge in [0.15, 0.2) is 0 Å². The molecule has 1 atom stereocenters. The molecule has 0 spiro atoms. The average Bonchev–Trinajstić information content (AvgIpc) is 3.29. The molecular weight excluding hydrogens is 405 g/mol. The van der Waals surface area contributed by atoms with E-state index in [-0.39, 0.29) is 30.1 Å². The molecule has 0 saturated heterocycles. The van der Waals surface area contributed by atoms with Gasteiger partial charge in [-0.25, -0.2) is 4.39 Å². The molecule has 0 aliphatic rings. The van der Waals surface area contributed by atoms with E-state index in [2.05, 4.69) is 39.7 Å². The van der Waals surface area contributed by atoms with Gasteiger partial charge in [-0.15, -0.1) is 0 Å². The van der Waals surface area contributed by atoms with E-state index in [9.17, 15) is 9.18 Å². The van der Waals surface area contributed by atoms with E-state index in [1.54, 1.807) is 12.1 Å². The van der Waals surface area contributed by atoms with Crippen LogP contribution in [0.25, 0.3) is 11.4 Å². The zero-order chi connectivity index (χ0) is 22.3. The van der Waals surface area contributed by atoms with E-state index in [0.29, 0.717) is 23.7 Å². The number of halogens is 1. The molecule has 0 aliphatic carbocycles. The molecule has 0 aliphatic heterocycles. The van der Waals surface area contributed by atoms with Gasteiger partial charge in [0, 0.05) is 30.4 Å². The summed E-state index contributed by atoms with van der Waals surface area (Å²) in [6.45, 7) is 2.02. The number of hydrogen-bond acceptors (Lipinski definition) is 4. The Morgan fingerprint density at radius 2 is 1.53 bits per heavy atom. The summed E-state index contributed by atoms with van der Waals surface area (Å²) in [6.07, 6.45) is 0.555. The van der Waals surface area contributed by atoms with Gasteiger partial charge in [0.1, 0.15) is 5.82 Å². The second kappa shape index (κ2) is 10.0. The van der Waals surface area contributed by atoms with Crippen LogP contribution < -0.4 is 5.32 Å². The summed E-state index contributed by atoms with van der Waals surface area (Å²) >= 11 is 0. The second-order valence-corrected chi connectivity index (χ2v) is 7.67. The van der Waals surface area contributed by atoms with Crippen LogP contribution in [0.4, 0.5) is 4.39 Å². The summed E-state index contributed by atoms with van der Waals surface area (Å²) in [7, 11) is 0. The number of aromatic nitrogens is 2. The third-order valence-electron chi connectivity index (χ3n) is 5.34. The molecule has 32 heavy (non-hydrogen) atoms. The maximum absolute atomic E-state index is 13.1. The zero-order valence-electron chi connectivity index (χ0n) is 17.7. The van der Waals surface area contributed by atoms with Crippen LogP contribution in [-0.4, -0.2) is 22.1 Å². The number of hydrogen-bond donors (Lipinski definition) is 1. The number of aryl methyl sites for hydroxylation is 1. The van der Waals surface area contributed by atoms with E-state index in [1.807, 2.05) is 43.3 Å². The van der Waals surface area contributed by atoms with Crippen LogP contribution in [-0.2, 0) is 11.2 Å².